The summed E-state index contributed by atoms with van der Waals surface area (Å²) in [6.45, 7) is 4.45. The van der Waals surface area contributed by atoms with Crippen molar-refractivity contribution in [2.75, 3.05) is 4.90 Å². The molecule has 0 heterocycles. The molecule has 0 N–H and O–H groups in total. The molecular formula is C30H29N. The van der Waals surface area contributed by atoms with Crippen molar-refractivity contribution in [2.24, 2.45) is 0 Å². The van der Waals surface area contributed by atoms with Crippen LogP contribution in [0, 0.1) is 0 Å². The Morgan fingerprint density at radius 3 is 1.97 bits per heavy atom. The van der Waals surface area contributed by atoms with Gasteiger partial charge in [0.25, 0.3) is 0 Å². The van der Waals surface area contributed by atoms with Crippen molar-refractivity contribution >= 4 is 23.5 Å². The topological polar surface area (TPSA) is 3.24 Å². The first-order chi connectivity index (χ1) is 15.2. The highest BCUT2D eigenvalue weighted by Gasteiger charge is 2.12. The van der Waals surface area contributed by atoms with Crippen LogP contribution in [0.15, 0.2) is 115 Å². The Morgan fingerprint density at radius 1 is 0.710 bits per heavy atom. The molecule has 1 aliphatic rings. The monoisotopic (exact) mass is 403 g/mol. The summed E-state index contributed by atoms with van der Waals surface area (Å²) < 4.78 is 0. The smallest absolute Gasteiger partial charge is 0.0461 e. The zero-order valence-electron chi connectivity index (χ0n) is 18.3. The van der Waals surface area contributed by atoms with Crippen LogP contribution in [0.1, 0.15) is 42.9 Å². The molecule has 0 saturated carbocycles. The summed E-state index contributed by atoms with van der Waals surface area (Å²) in [4.78, 5) is 2.31. The van der Waals surface area contributed by atoms with E-state index >= 15 is 0 Å². The molecule has 1 nitrogen and oxygen atoms in total. The minimum atomic E-state index is 0.562. The van der Waals surface area contributed by atoms with Gasteiger partial charge in [-0.05, 0) is 59.4 Å². The summed E-state index contributed by atoms with van der Waals surface area (Å²) in [7, 11) is 0. The molecule has 0 fully saturated rings. The van der Waals surface area contributed by atoms with Crippen LogP contribution in [0.25, 0.3) is 12.2 Å². The van der Waals surface area contributed by atoms with Gasteiger partial charge >= 0.3 is 0 Å². The molecule has 0 spiro atoms. The fraction of sp³-hybridized carbons (Fsp3) is 0.133. The fourth-order valence-electron chi connectivity index (χ4n) is 3.68. The molecule has 3 aromatic rings. The summed E-state index contributed by atoms with van der Waals surface area (Å²) in [5.74, 6) is 0.562. The number of rotatable bonds is 6. The largest absolute Gasteiger partial charge is 0.311 e. The molecule has 0 amide bonds. The molecule has 31 heavy (non-hydrogen) atoms. The first kappa shape index (κ1) is 20.7. The van der Waals surface area contributed by atoms with Gasteiger partial charge < -0.3 is 4.90 Å². The zero-order valence-corrected chi connectivity index (χ0v) is 18.3. The molecule has 1 aliphatic carbocycles. The molecular weight excluding hydrogens is 374 g/mol. The summed E-state index contributed by atoms with van der Waals surface area (Å²) in [5, 5.41) is 0. The summed E-state index contributed by atoms with van der Waals surface area (Å²) in [6, 6.07) is 28.1. The van der Waals surface area contributed by atoms with Crippen LogP contribution in [0.4, 0.5) is 11.4 Å². The van der Waals surface area contributed by atoms with E-state index in [0.717, 1.165) is 17.8 Å². The first-order valence-electron chi connectivity index (χ1n) is 11.0. The van der Waals surface area contributed by atoms with E-state index in [4.69, 9.17) is 0 Å². The molecule has 0 unspecified atom stereocenters. The van der Waals surface area contributed by atoms with Gasteiger partial charge in [-0.3, -0.25) is 0 Å². The van der Waals surface area contributed by atoms with E-state index in [1.54, 1.807) is 0 Å². The number of hydrogen-bond acceptors (Lipinski definition) is 1. The normalized spacial score (nSPS) is 13.5. The molecule has 1 heteroatoms. The van der Waals surface area contributed by atoms with Crippen LogP contribution < -0.4 is 4.90 Å². The molecule has 0 bridgehead atoms. The number of hydrogen-bond donors (Lipinski definition) is 0. The van der Waals surface area contributed by atoms with Gasteiger partial charge in [0.2, 0.25) is 0 Å². The molecule has 0 radical (unpaired) electrons. The van der Waals surface area contributed by atoms with Crippen molar-refractivity contribution in [3.63, 3.8) is 0 Å². The lowest BCUT2D eigenvalue weighted by molar-refractivity contribution is 0.866. The number of anilines is 2. The van der Waals surface area contributed by atoms with Gasteiger partial charge in [-0.25, -0.2) is 0 Å². The maximum Gasteiger partial charge on any atom is 0.0461 e. The molecule has 3 aromatic carbocycles. The average Bonchev–Trinajstić information content (AvgIpc) is 3.09. The van der Waals surface area contributed by atoms with E-state index in [-0.39, 0.29) is 0 Å². The average molecular weight is 404 g/mol. The summed E-state index contributed by atoms with van der Waals surface area (Å²) >= 11 is 0. The second kappa shape index (κ2) is 9.95. The predicted octanol–water partition coefficient (Wildman–Crippen LogP) is 8.52. The van der Waals surface area contributed by atoms with Crippen LogP contribution in [-0.2, 0) is 0 Å². The minimum Gasteiger partial charge on any atom is -0.311 e. The van der Waals surface area contributed by atoms with Crippen molar-refractivity contribution in [1.82, 2.24) is 0 Å². The SMILES string of the molecule is CC(C)c1ccc(C=Cc2ccc(N(C3=CCC=CC=C3)c3ccccc3)cc2)cc1. The second-order valence-corrected chi connectivity index (χ2v) is 8.07. The number of para-hydroxylation sites is 1. The fourth-order valence-corrected chi connectivity index (χ4v) is 3.68. The highest BCUT2D eigenvalue weighted by Crippen LogP contribution is 2.31. The summed E-state index contributed by atoms with van der Waals surface area (Å²) in [6.07, 6.45) is 16.1. The Bertz CT molecular complexity index is 1100. The third-order valence-corrected chi connectivity index (χ3v) is 5.47. The van der Waals surface area contributed by atoms with E-state index < -0.39 is 0 Å². The Morgan fingerprint density at radius 2 is 1.32 bits per heavy atom. The quantitative estimate of drug-likeness (QED) is 0.373. The van der Waals surface area contributed by atoms with Gasteiger partial charge in [0.05, 0.1) is 0 Å². The Hall–Kier alpha value is -3.58. The minimum absolute atomic E-state index is 0.562. The first-order valence-corrected chi connectivity index (χ1v) is 11.0. The van der Waals surface area contributed by atoms with Gasteiger partial charge in [0.1, 0.15) is 0 Å². The Kier molecular flexibility index (Phi) is 6.64. The third-order valence-electron chi connectivity index (χ3n) is 5.47. The van der Waals surface area contributed by atoms with Gasteiger partial charge in [-0.15, -0.1) is 0 Å². The molecule has 0 aromatic heterocycles. The maximum absolute atomic E-state index is 2.31. The van der Waals surface area contributed by atoms with Crippen LogP contribution in [0.3, 0.4) is 0 Å². The van der Waals surface area contributed by atoms with Crippen LogP contribution in [0.5, 0.6) is 0 Å². The summed E-state index contributed by atoms with van der Waals surface area (Å²) in [5.41, 5.74) is 7.29. The Balaban J connectivity index is 1.57. The number of nitrogens with zero attached hydrogens (tertiary/aromatic N) is 1. The molecule has 154 valence electrons. The highest BCUT2D eigenvalue weighted by atomic mass is 15.1. The van der Waals surface area contributed by atoms with Gasteiger partial charge in [0.15, 0.2) is 0 Å². The zero-order chi connectivity index (χ0) is 21.5. The van der Waals surface area contributed by atoms with Crippen molar-refractivity contribution in [1.29, 1.82) is 0 Å². The molecule has 0 saturated heterocycles. The van der Waals surface area contributed by atoms with E-state index in [1.807, 2.05) is 0 Å². The van der Waals surface area contributed by atoms with Crippen molar-refractivity contribution < 1.29 is 0 Å². The lowest BCUT2D eigenvalue weighted by Gasteiger charge is -2.26. The lowest BCUT2D eigenvalue weighted by atomic mass is 10.0. The number of benzene rings is 3. The van der Waals surface area contributed by atoms with Crippen molar-refractivity contribution in [2.45, 2.75) is 26.2 Å². The second-order valence-electron chi connectivity index (χ2n) is 8.07. The van der Waals surface area contributed by atoms with Crippen LogP contribution >= 0.6 is 0 Å². The van der Waals surface area contributed by atoms with Gasteiger partial charge in [0, 0.05) is 17.1 Å². The van der Waals surface area contributed by atoms with Gasteiger partial charge in [-0.2, -0.15) is 0 Å². The van der Waals surface area contributed by atoms with E-state index in [9.17, 15) is 0 Å². The Labute approximate surface area is 186 Å². The van der Waals surface area contributed by atoms with Crippen molar-refractivity contribution in [3.8, 4) is 0 Å². The van der Waals surface area contributed by atoms with Crippen LogP contribution in [0.2, 0.25) is 0 Å². The van der Waals surface area contributed by atoms with Crippen LogP contribution in [-0.4, -0.2) is 0 Å². The van der Waals surface area contributed by atoms with E-state index in [2.05, 4.69) is 140 Å². The van der Waals surface area contributed by atoms with E-state index in [1.165, 1.54) is 22.4 Å². The lowest BCUT2D eigenvalue weighted by Crippen LogP contribution is -2.15. The van der Waals surface area contributed by atoms with Gasteiger partial charge in [-0.1, -0.05) is 105 Å². The molecule has 0 aliphatic heterocycles. The number of allylic oxidation sites excluding steroid dienone is 5. The standard InChI is InChI=1S/C30H29N/c1-24(2)27-20-16-25(17-21-27)14-15-26-18-22-30(23-19-26)31(29-12-8-5-9-13-29)28-10-6-3-4-7-11-28/h3-6,8-24H,7H2,1-2H3. The molecule has 0 atom stereocenters. The maximum atomic E-state index is 2.31. The third kappa shape index (κ3) is 5.32. The molecule has 4 rings (SSSR count). The van der Waals surface area contributed by atoms with E-state index in [0.29, 0.717) is 5.92 Å². The van der Waals surface area contributed by atoms with Crippen molar-refractivity contribution in [3.05, 3.63) is 132 Å². The predicted molar refractivity (Wildman–Crippen MR) is 135 cm³/mol. The highest BCUT2D eigenvalue weighted by molar-refractivity contribution is 5.74.